The minimum atomic E-state index is -1.05. The van der Waals surface area contributed by atoms with E-state index in [4.69, 9.17) is 5.11 Å². The lowest BCUT2D eigenvalue weighted by Gasteiger charge is -2.12. The maximum absolute atomic E-state index is 11.4. The van der Waals surface area contributed by atoms with Crippen LogP contribution >= 0.6 is 11.3 Å². The molecule has 1 amide bonds. The average molecular weight is 239 g/mol. The van der Waals surface area contributed by atoms with Gasteiger partial charge in [-0.2, -0.15) is 0 Å². The molecule has 0 saturated heterocycles. The van der Waals surface area contributed by atoms with Crippen molar-refractivity contribution in [2.75, 3.05) is 0 Å². The summed E-state index contributed by atoms with van der Waals surface area (Å²) in [5.74, 6) is -1.32. The van der Waals surface area contributed by atoms with Gasteiger partial charge < -0.3 is 10.4 Å². The number of carbonyl (C=O) groups is 2. The Morgan fingerprint density at radius 1 is 1.62 bits per heavy atom. The fourth-order valence-corrected chi connectivity index (χ4v) is 1.94. The number of hydrogen-bond acceptors (Lipinski definition) is 3. The summed E-state index contributed by atoms with van der Waals surface area (Å²) in [5.41, 5.74) is 0. The smallest absolute Gasteiger partial charge is 0.331 e. The largest absolute Gasteiger partial charge is 0.479 e. The first-order valence-corrected chi connectivity index (χ1v) is 5.69. The molecule has 0 aromatic carbocycles. The van der Waals surface area contributed by atoms with Gasteiger partial charge in [-0.15, -0.1) is 17.9 Å². The molecule has 5 heteroatoms. The Morgan fingerprint density at radius 3 is 2.88 bits per heavy atom. The lowest BCUT2D eigenvalue weighted by molar-refractivity contribution is -0.141. The van der Waals surface area contributed by atoms with Crippen LogP contribution in [-0.2, 0) is 9.59 Å². The summed E-state index contributed by atoms with van der Waals surface area (Å²) < 4.78 is 0. The Kier molecular flexibility index (Phi) is 4.72. The number of hydrogen-bond donors (Lipinski definition) is 2. The first-order valence-electron chi connectivity index (χ1n) is 4.81. The average Bonchev–Trinajstić information content (AvgIpc) is 2.75. The van der Waals surface area contributed by atoms with E-state index in [0.29, 0.717) is 11.3 Å². The van der Waals surface area contributed by atoms with E-state index in [9.17, 15) is 9.59 Å². The molecule has 0 spiro atoms. The number of rotatable bonds is 6. The number of amides is 1. The van der Waals surface area contributed by atoms with Crippen LogP contribution in [0.5, 0.6) is 0 Å². The summed E-state index contributed by atoms with van der Waals surface area (Å²) in [5, 5.41) is 13.2. The molecule has 0 aliphatic heterocycles. The molecule has 1 atom stereocenters. The Bertz CT molecular complexity index is 373. The van der Waals surface area contributed by atoms with Crippen LogP contribution in [-0.4, -0.2) is 17.0 Å². The van der Waals surface area contributed by atoms with Gasteiger partial charge in [0.25, 0.3) is 0 Å². The van der Waals surface area contributed by atoms with Crippen molar-refractivity contribution in [1.82, 2.24) is 5.32 Å². The molecule has 1 heterocycles. The van der Waals surface area contributed by atoms with Gasteiger partial charge in [-0.1, -0.05) is 12.1 Å². The second-order valence-electron chi connectivity index (χ2n) is 3.18. The van der Waals surface area contributed by atoms with Crippen LogP contribution in [0, 0.1) is 0 Å². The summed E-state index contributed by atoms with van der Waals surface area (Å²) in [6.45, 7) is 3.50. The lowest BCUT2D eigenvalue weighted by Crippen LogP contribution is -2.32. The molecule has 1 rings (SSSR count). The van der Waals surface area contributed by atoms with E-state index in [1.54, 1.807) is 23.6 Å². The lowest BCUT2D eigenvalue weighted by atomic mass is 10.2. The van der Waals surface area contributed by atoms with Crippen molar-refractivity contribution in [3.8, 4) is 0 Å². The predicted molar refractivity (Wildman–Crippen MR) is 62.3 cm³/mol. The SMILES string of the molecule is C=CCCC(=O)NC(C(=O)O)c1cccs1. The van der Waals surface area contributed by atoms with Gasteiger partial charge in [0.15, 0.2) is 6.04 Å². The van der Waals surface area contributed by atoms with Gasteiger partial charge in [0.1, 0.15) is 0 Å². The summed E-state index contributed by atoms with van der Waals surface area (Å²) >= 11 is 1.31. The van der Waals surface area contributed by atoms with Gasteiger partial charge in [0, 0.05) is 11.3 Å². The molecule has 0 saturated carbocycles. The quantitative estimate of drug-likeness (QED) is 0.746. The summed E-state index contributed by atoms with van der Waals surface area (Å²) in [7, 11) is 0. The number of nitrogens with one attached hydrogen (secondary N) is 1. The van der Waals surface area contributed by atoms with E-state index in [0.717, 1.165) is 0 Å². The van der Waals surface area contributed by atoms with E-state index in [1.165, 1.54) is 11.3 Å². The molecule has 4 nitrogen and oxygen atoms in total. The molecule has 0 fully saturated rings. The Balaban J connectivity index is 2.63. The van der Waals surface area contributed by atoms with Crippen LogP contribution in [0.15, 0.2) is 30.2 Å². The van der Waals surface area contributed by atoms with Crippen molar-refractivity contribution >= 4 is 23.2 Å². The number of carboxylic acids is 1. The van der Waals surface area contributed by atoms with Crippen LogP contribution in [0.3, 0.4) is 0 Å². The number of allylic oxidation sites excluding steroid dienone is 1. The van der Waals surface area contributed by atoms with E-state index < -0.39 is 12.0 Å². The molecular formula is C11H13NO3S. The van der Waals surface area contributed by atoms with Crippen molar-refractivity contribution in [2.24, 2.45) is 0 Å². The summed E-state index contributed by atoms with van der Waals surface area (Å²) in [4.78, 5) is 23.0. The highest BCUT2D eigenvalue weighted by atomic mass is 32.1. The molecular weight excluding hydrogens is 226 g/mol. The van der Waals surface area contributed by atoms with Gasteiger partial charge in [-0.3, -0.25) is 4.79 Å². The van der Waals surface area contributed by atoms with Crippen molar-refractivity contribution in [2.45, 2.75) is 18.9 Å². The maximum atomic E-state index is 11.4. The third-order valence-electron chi connectivity index (χ3n) is 1.96. The molecule has 1 unspecified atom stereocenters. The molecule has 16 heavy (non-hydrogen) atoms. The van der Waals surface area contributed by atoms with Crippen LogP contribution in [0.4, 0.5) is 0 Å². The predicted octanol–water partition coefficient (Wildman–Crippen LogP) is 1.96. The number of thiophene rings is 1. The van der Waals surface area contributed by atoms with Crippen molar-refractivity contribution < 1.29 is 14.7 Å². The van der Waals surface area contributed by atoms with Crippen LogP contribution in [0.25, 0.3) is 0 Å². The zero-order chi connectivity index (χ0) is 12.0. The second-order valence-corrected chi connectivity index (χ2v) is 4.16. The van der Waals surface area contributed by atoms with Crippen molar-refractivity contribution in [1.29, 1.82) is 0 Å². The molecule has 0 aliphatic carbocycles. The van der Waals surface area contributed by atoms with E-state index in [1.807, 2.05) is 0 Å². The van der Waals surface area contributed by atoms with Gasteiger partial charge in [0.05, 0.1) is 0 Å². The number of carboxylic acid groups (broad SMARTS) is 1. The van der Waals surface area contributed by atoms with Crippen LogP contribution in [0.1, 0.15) is 23.8 Å². The summed E-state index contributed by atoms with van der Waals surface area (Å²) in [6, 6.07) is 2.50. The first-order chi connectivity index (χ1) is 7.65. The standard InChI is InChI=1S/C11H13NO3S/c1-2-3-6-9(13)12-10(11(14)15)8-5-4-7-16-8/h2,4-5,7,10H,1,3,6H2,(H,12,13)(H,14,15). The highest BCUT2D eigenvalue weighted by Crippen LogP contribution is 2.19. The Morgan fingerprint density at radius 2 is 2.38 bits per heavy atom. The number of aliphatic carboxylic acids is 1. The maximum Gasteiger partial charge on any atom is 0.331 e. The molecule has 2 N–H and O–H groups in total. The van der Waals surface area contributed by atoms with Crippen LogP contribution < -0.4 is 5.32 Å². The van der Waals surface area contributed by atoms with Gasteiger partial charge in [-0.05, 0) is 17.9 Å². The van der Waals surface area contributed by atoms with E-state index in [-0.39, 0.29) is 12.3 Å². The van der Waals surface area contributed by atoms with Gasteiger partial charge in [-0.25, -0.2) is 4.79 Å². The molecule has 1 aromatic heterocycles. The monoisotopic (exact) mass is 239 g/mol. The fraction of sp³-hybridized carbons (Fsp3) is 0.273. The van der Waals surface area contributed by atoms with Crippen molar-refractivity contribution in [3.63, 3.8) is 0 Å². The molecule has 1 aromatic rings. The minimum absolute atomic E-state index is 0.263. The van der Waals surface area contributed by atoms with Gasteiger partial charge >= 0.3 is 5.97 Å². The Hall–Kier alpha value is -1.62. The third-order valence-corrected chi connectivity index (χ3v) is 2.89. The first kappa shape index (κ1) is 12.4. The van der Waals surface area contributed by atoms with Crippen molar-refractivity contribution in [3.05, 3.63) is 35.0 Å². The highest BCUT2D eigenvalue weighted by molar-refractivity contribution is 7.10. The molecule has 0 radical (unpaired) electrons. The molecule has 86 valence electrons. The fourth-order valence-electron chi connectivity index (χ4n) is 1.18. The second kappa shape index (κ2) is 6.07. The zero-order valence-corrected chi connectivity index (χ0v) is 9.50. The molecule has 0 bridgehead atoms. The highest BCUT2D eigenvalue weighted by Gasteiger charge is 2.22. The normalized spacial score (nSPS) is 11.8. The third kappa shape index (κ3) is 3.51. The minimum Gasteiger partial charge on any atom is -0.479 e. The zero-order valence-electron chi connectivity index (χ0n) is 8.68. The molecule has 0 aliphatic rings. The van der Waals surface area contributed by atoms with Crippen LogP contribution in [0.2, 0.25) is 0 Å². The Labute approximate surface area is 97.6 Å². The number of carbonyl (C=O) groups excluding carboxylic acids is 1. The van der Waals surface area contributed by atoms with Gasteiger partial charge in [0.2, 0.25) is 5.91 Å². The topological polar surface area (TPSA) is 66.4 Å². The van der Waals surface area contributed by atoms with E-state index >= 15 is 0 Å². The van der Waals surface area contributed by atoms with E-state index in [2.05, 4.69) is 11.9 Å². The summed E-state index contributed by atoms with van der Waals surface area (Å²) in [6.07, 6.45) is 2.43.